The Kier molecular flexibility index (Phi) is 4.82. The number of carbonyl (C=O) groups excluding carboxylic acids is 2. The molecule has 0 radical (unpaired) electrons. The third kappa shape index (κ3) is 3.87. The normalized spacial score (nSPS) is 14.4. The second-order valence-corrected chi connectivity index (χ2v) is 4.55. The molecule has 1 aromatic rings. The van der Waals surface area contributed by atoms with E-state index in [9.17, 15) is 9.59 Å². The van der Waals surface area contributed by atoms with Crippen LogP contribution in [0.4, 0.5) is 0 Å². The summed E-state index contributed by atoms with van der Waals surface area (Å²) in [4.78, 5) is 27.0. The standard InChI is InChI=1S/C14H16N2O6/c1-8(10-3-4-11-12(5-10)20-7-19-11)16-21-6-13(17)22-9(2)14(15)18/h3-5,9H,6-7H2,1-2H3,(H2,15,18)/b16-8-/t9-/m0/s1. The van der Waals surface area contributed by atoms with Crippen LogP contribution < -0.4 is 15.2 Å². The molecule has 0 saturated carbocycles. The van der Waals surface area contributed by atoms with E-state index in [1.54, 1.807) is 25.1 Å². The summed E-state index contributed by atoms with van der Waals surface area (Å²) >= 11 is 0. The number of primary amides is 1. The van der Waals surface area contributed by atoms with Crippen LogP contribution in [0.2, 0.25) is 0 Å². The molecule has 1 heterocycles. The van der Waals surface area contributed by atoms with Gasteiger partial charge in [-0.3, -0.25) is 4.79 Å². The lowest BCUT2D eigenvalue weighted by molar-refractivity contribution is -0.158. The summed E-state index contributed by atoms with van der Waals surface area (Å²) in [5.74, 6) is -0.162. The van der Waals surface area contributed by atoms with Crippen molar-refractivity contribution in [2.75, 3.05) is 13.4 Å². The van der Waals surface area contributed by atoms with Gasteiger partial charge in [0.15, 0.2) is 17.6 Å². The summed E-state index contributed by atoms with van der Waals surface area (Å²) in [6, 6.07) is 5.32. The van der Waals surface area contributed by atoms with Crippen LogP contribution in [0.5, 0.6) is 11.5 Å². The fraction of sp³-hybridized carbons (Fsp3) is 0.357. The van der Waals surface area contributed by atoms with Crippen molar-refractivity contribution in [3.63, 3.8) is 0 Å². The summed E-state index contributed by atoms with van der Waals surface area (Å²) in [6.07, 6.45) is -1.00. The molecule has 1 amide bonds. The van der Waals surface area contributed by atoms with Gasteiger partial charge < -0.3 is 24.8 Å². The molecule has 1 aliphatic heterocycles. The van der Waals surface area contributed by atoms with Crippen LogP contribution in [-0.2, 0) is 19.2 Å². The first kappa shape index (κ1) is 15.6. The van der Waals surface area contributed by atoms with E-state index in [0.29, 0.717) is 17.2 Å². The van der Waals surface area contributed by atoms with Gasteiger partial charge in [0.1, 0.15) is 0 Å². The van der Waals surface area contributed by atoms with E-state index in [1.165, 1.54) is 6.92 Å². The lowest BCUT2D eigenvalue weighted by Gasteiger charge is -2.08. The zero-order valence-electron chi connectivity index (χ0n) is 12.2. The fourth-order valence-corrected chi connectivity index (χ4v) is 1.65. The smallest absolute Gasteiger partial charge is 0.347 e. The Morgan fingerprint density at radius 3 is 2.82 bits per heavy atom. The van der Waals surface area contributed by atoms with Crippen molar-refractivity contribution >= 4 is 17.6 Å². The number of amides is 1. The summed E-state index contributed by atoms with van der Waals surface area (Å²) < 4.78 is 15.2. The molecule has 0 aromatic heterocycles. The molecule has 0 saturated heterocycles. The Labute approximate surface area is 126 Å². The number of carbonyl (C=O) groups is 2. The molecule has 2 N–H and O–H groups in total. The van der Waals surface area contributed by atoms with Crippen LogP contribution in [-0.4, -0.2) is 37.1 Å². The van der Waals surface area contributed by atoms with E-state index in [0.717, 1.165) is 5.56 Å². The second-order valence-electron chi connectivity index (χ2n) is 4.55. The zero-order chi connectivity index (χ0) is 16.1. The quantitative estimate of drug-likeness (QED) is 0.467. The van der Waals surface area contributed by atoms with E-state index in [4.69, 9.17) is 24.8 Å². The van der Waals surface area contributed by atoms with E-state index in [2.05, 4.69) is 5.16 Å². The molecule has 8 heteroatoms. The minimum Gasteiger partial charge on any atom is -0.454 e. The average molecular weight is 308 g/mol. The van der Waals surface area contributed by atoms with E-state index in [1.807, 2.05) is 0 Å². The predicted molar refractivity (Wildman–Crippen MR) is 75.5 cm³/mol. The minimum atomic E-state index is -1.00. The molecule has 0 unspecified atom stereocenters. The maximum absolute atomic E-state index is 11.4. The summed E-state index contributed by atoms with van der Waals surface area (Å²) in [7, 11) is 0. The molecule has 22 heavy (non-hydrogen) atoms. The van der Waals surface area contributed by atoms with Gasteiger partial charge in [-0.2, -0.15) is 0 Å². The highest BCUT2D eigenvalue weighted by Crippen LogP contribution is 2.32. The number of fused-ring (bicyclic) bond motifs is 1. The van der Waals surface area contributed by atoms with Crippen molar-refractivity contribution < 1.29 is 28.6 Å². The third-order valence-electron chi connectivity index (χ3n) is 2.88. The van der Waals surface area contributed by atoms with Crippen molar-refractivity contribution in [3.05, 3.63) is 23.8 Å². The van der Waals surface area contributed by atoms with Gasteiger partial charge in [-0.05, 0) is 32.0 Å². The van der Waals surface area contributed by atoms with E-state index in [-0.39, 0.29) is 6.79 Å². The van der Waals surface area contributed by atoms with Crippen molar-refractivity contribution in [3.8, 4) is 11.5 Å². The number of nitrogens with zero attached hydrogens (tertiary/aromatic N) is 1. The highest BCUT2D eigenvalue weighted by atomic mass is 16.7. The van der Waals surface area contributed by atoms with Gasteiger partial charge in [-0.15, -0.1) is 0 Å². The highest BCUT2D eigenvalue weighted by Gasteiger charge is 2.16. The molecule has 8 nitrogen and oxygen atoms in total. The molecule has 1 aliphatic rings. The van der Waals surface area contributed by atoms with Crippen LogP contribution in [0.3, 0.4) is 0 Å². The van der Waals surface area contributed by atoms with Gasteiger partial charge in [0.05, 0.1) is 5.71 Å². The molecule has 0 fully saturated rings. The number of esters is 1. The number of benzene rings is 1. The molecule has 2 rings (SSSR count). The predicted octanol–water partition coefficient (Wildman–Crippen LogP) is 0.573. The number of oxime groups is 1. The number of ether oxygens (including phenoxy) is 3. The van der Waals surface area contributed by atoms with Crippen LogP contribution in [0, 0.1) is 0 Å². The molecule has 0 bridgehead atoms. The molecule has 0 spiro atoms. The molecular weight excluding hydrogens is 292 g/mol. The number of rotatable bonds is 6. The first-order chi connectivity index (χ1) is 10.5. The topological polar surface area (TPSA) is 109 Å². The Morgan fingerprint density at radius 2 is 2.09 bits per heavy atom. The zero-order valence-corrected chi connectivity index (χ0v) is 12.2. The fourth-order valence-electron chi connectivity index (χ4n) is 1.65. The Balaban J connectivity index is 1.87. The highest BCUT2D eigenvalue weighted by molar-refractivity contribution is 5.99. The van der Waals surface area contributed by atoms with Crippen molar-refractivity contribution in [2.24, 2.45) is 10.9 Å². The number of hydrogen-bond donors (Lipinski definition) is 1. The number of hydrogen-bond acceptors (Lipinski definition) is 7. The van der Waals surface area contributed by atoms with Crippen LogP contribution in [0.25, 0.3) is 0 Å². The molecule has 1 aromatic carbocycles. The summed E-state index contributed by atoms with van der Waals surface area (Å²) in [6.45, 7) is 2.87. The first-order valence-electron chi connectivity index (χ1n) is 6.52. The molecule has 1 atom stereocenters. The van der Waals surface area contributed by atoms with Gasteiger partial charge in [0.2, 0.25) is 13.4 Å². The third-order valence-corrected chi connectivity index (χ3v) is 2.88. The van der Waals surface area contributed by atoms with Crippen LogP contribution in [0.15, 0.2) is 23.4 Å². The lowest BCUT2D eigenvalue weighted by Crippen LogP contribution is -2.31. The summed E-state index contributed by atoms with van der Waals surface area (Å²) in [5.41, 5.74) is 6.29. The van der Waals surface area contributed by atoms with Gasteiger partial charge >= 0.3 is 5.97 Å². The van der Waals surface area contributed by atoms with Gasteiger partial charge in [-0.1, -0.05) is 5.16 Å². The Morgan fingerprint density at radius 1 is 1.36 bits per heavy atom. The number of nitrogens with two attached hydrogens (primary N) is 1. The van der Waals surface area contributed by atoms with Crippen LogP contribution in [0.1, 0.15) is 19.4 Å². The SMILES string of the molecule is C/C(=N/OCC(=O)O[C@@H](C)C(N)=O)c1ccc2c(c1)OCO2. The Hall–Kier alpha value is -2.77. The lowest BCUT2D eigenvalue weighted by atomic mass is 10.1. The second kappa shape index (κ2) is 6.79. The van der Waals surface area contributed by atoms with Crippen LogP contribution >= 0.6 is 0 Å². The largest absolute Gasteiger partial charge is 0.454 e. The van der Waals surface area contributed by atoms with E-state index < -0.39 is 24.6 Å². The molecule has 118 valence electrons. The van der Waals surface area contributed by atoms with Crippen molar-refractivity contribution in [1.82, 2.24) is 0 Å². The summed E-state index contributed by atoms with van der Waals surface area (Å²) in [5, 5.41) is 3.82. The van der Waals surface area contributed by atoms with E-state index >= 15 is 0 Å². The maximum Gasteiger partial charge on any atom is 0.347 e. The molecular formula is C14H16N2O6. The maximum atomic E-state index is 11.4. The van der Waals surface area contributed by atoms with Gasteiger partial charge in [0, 0.05) is 5.56 Å². The van der Waals surface area contributed by atoms with Crippen molar-refractivity contribution in [2.45, 2.75) is 20.0 Å². The Bertz CT molecular complexity index is 613. The van der Waals surface area contributed by atoms with Gasteiger partial charge in [-0.25, -0.2) is 4.79 Å². The monoisotopic (exact) mass is 308 g/mol. The minimum absolute atomic E-state index is 0.190. The van der Waals surface area contributed by atoms with Crippen molar-refractivity contribution in [1.29, 1.82) is 0 Å². The first-order valence-corrected chi connectivity index (χ1v) is 6.52. The average Bonchev–Trinajstić information content (AvgIpc) is 2.94. The van der Waals surface area contributed by atoms with Gasteiger partial charge in [0.25, 0.3) is 5.91 Å². The molecule has 0 aliphatic carbocycles.